The van der Waals surface area contributed by atoms with Gasteiger partial charge in [0, 0.05) is 17.0 Å². The van der Waals surface area contributed by atoms with Gasteiger partial charge in [0.1, 0.15) is 0 Å². The minimum atomic E-state index is -0.200. The number of nitrogens with one attached hydrogen (secondary N) is 1. The van der Waals surface area contributed by atoms with Crippen LogP contribution in [0.1, 0.15) is 15.2 Å². The maximum Gasteiger partial charge on any atom is 0.251 e. The number of phenols is 1. The standard InChI is InChI=1S/C14H15NO3S/c1-18-13-5-4-10(9-12(13)16)14(17)15-7-6-11-3-2-8-19-11/h2-5,8-9,16H,6-7H2,1H3,(H,15,17). The van der Waals surface area contributed by atoms with Gasteiger partial charge in [-0.3, -0.25) is 4.79 Å². The van der Waals surface area contributed by atoms with E-state index in [0.29, 0.717) is 17.9 Å². The van der Waals surface area contributed by atoms with Crippen molar-refractivity contribution in [2.24, 2.45) is 0 Å². The van der Waals surface area contributed by atoms with E-state index in [-0.39, 0.29) is 11.7 Å². The Morgan fingerprint density at radius 2 is 2.26 bits per heavy atom. The molecule has 0 bridgehead atoms. The van der Waals surface area contributed by atoms with Crippen LogP contribution in [0.2, 0.25) is 0 Å². The summed E-state index contributed by atoms with van der Waals surface area (Å²) in [5, 5.41) is 14.4. The fraction of sp³-hybridized carbons (Fsp3) is 0.214. The lowest BCUT2D eigenvalue weighted by Gasteiger charge is -2.07. The number of aromatic hydroxyl groups is 1. The molecule has 0 atom stereocenters. The molecule has 100 valence electrons. The van der Waals surface area contributed by atoms with Crippen molar-refractivity contribution in [3.8, 4) is 11.5 Å². The summed E-state index contributed by atoms with van der Waals surface area (Å²) < 4.78 is 4.93. The summed E-state index contributed by atoms with van der Waals surface area (Å²) in [7, 11) is 1.47. The van der Waals surface area contributed by atoms with E-state index in [4.69, 9.17) is 4.74 Å². The zero-order chi connectivity index (χ0) is 13.7. The highest BCUT2D eigenvalue weighted by Gasteiger charge is 2.09. The van der Waals surface area contributed by atoms with Crippen molar-refractivity contribution in [1.29, 1.82) is 0 Å². The first-order chi connectivity index (χ1) is 9.20. The lowest BCUT2D eigenvalue weighted by molar-refractivity contribution is 0.0953. The molecule has 2 rings (SSSR count). The highest BCUT2D eigenvalue weighted by atomic mass is 32.1. The van der Waals surface area contributed by atoms with Crippen LogP contribution < -0.4 is 10.1 Å². The van der Waals surface area contributed by atoms with Crippen LogP contribution in [-0.2, 0) is 6.42 Å². The number of phenolic OH excluding ortho intramolecular Hbond substituents is 1. The Morgan fingerprint density at radius 3 is 2.89 bits per heavy atom. The number of hydrogen-bond donors (Lipinski definition) is 2. The molecule has 1 amide bonds. The van der Waals surface area contributed by atoms with Gasteiger partial charge in [-0.25, -0.2) is 0 Å². The fourth-order valence-electron chi connectivity index (χ4n) is 1.69. The third-order valence-corrected chi connectivity index (χ3v) is 3.61. The molecule has 0 radical (unpaired) electrons. The van der Waals surface area contributed by atoms with E-state index in [1.165, 1.54) is 18.1 Å². The summed E-state index contributed by atoms with van der Waals surface area (Å²) in [6, 6.07) is 8.63. The van der Waals surface area contributed by atoms with Gasteiger partial charge in [0.2, 0.25) is 0 Å². The maximum atomic E-state index is 11.9. The Morgan fingerprint density at radius 1 is 1.42 bits per heavy atom. The Kier molecular flexibility index (Phi) is 4.41. The molecule has 2 aromatic rings. The zero-order valence-corrected chi connectivity index (χ0v) is 11.4. The summed E-state index contributed by atoms with van der Waals surface area (Å²) in [5.41, 5.74) is 0.421. The molecule has 0 unspecified atom stereocenters. The predicted octanol–water partition coefficient (Wildman–Crippen LogP) is 2.43. The molecule has 1 heterocycles. The first-order valence-corrected chi connectivity index (χ1v) is 6.76. The molecule has 4 nitrogen and oxygen atoms in total. The SMILES string of the molecule is COc1ccc(C(=O)NCCc2cccs2)cc1O. The Hall–Kier alpha value is -2.01. The van der Waals surface area contributed by atoms with Crippen LogP contribution in [0.5, 0.6) is 11.5 Å². The van der Waals surface area contributed by atoms with Gasteiger partial charge in [0.05, 0.1) is 7.11 Å². The largest absolute Gasteiger partial charge is 0.504 e. The predicted molar refractivity (Wildman–Crippen MR) is 75.0 cm³/mol. The van der Waals surface area contributed by atoms with Crippen LogP contribution in [-0.4, -0.2) is 24.7 Å². The third kappa shape index (κ3) is 3.48. The molecule has 0 aliphatic heterocycles. The highest BCUT2D eigenvalue weighted by Crippen LogP contribution is 2.26. The molecule has 0 aliphatic carbocycles. The normalized spacial score (nSPS) is 10.2. The smallest absolute Gasteiger partial charge is 0.251 e. The van der Waals surface area contributed by atoms with Crippen molar-refractivity contribution in [3.05, 3.63) is 46.2 Å². The van der Waals surface area contributed by atoms with Gasteiger partial charge >= 0.3 is 0 Å². The zero-order valence-electron chi connectivity index (χ0n) is 10.6. The summed E-state index contributed by atoms with van der Waals surface area (Å²) in [5.74, 6) is 0.123. The number of carbonyl (C=O) groups is 1. The Balaban J connectivity index is 1.91. The van der Waals surface area contributed by atoms with Gasteiger partial charge in [-0.15, -0.1) is 11.3 Å². The molecule has 0 fully saturated rings. The summed E-state index contributed by atoms with van der Waals surface area (Å²) >= 11 is 1.67. The lowest BCUT2D eigenvalue weighted by Crippen LogP contribution is -2.25. The van der Waals surface area contributed by atoms with Gasteiger partial charge in [-0.2, -0.15) is 0 Å². The number of ether oxygens (including phenoxy) is 1. The number of rotatable bonds is 5. The molecule has 0 aliphatic rings. The lowest BCUT2D eigenvalue weighted by atomic mass is 10.2. The van der Waals surface area contributed by atoms with Gasteiger partial charge in [-0.05, 0) is 36.1 Å². The molecule has 5 heteroatoms. The molecular formula is C14H15NO3S. The van der Waals surface area contributed by atoms with Crippen LogP contribution in [0, 0.1) is 0 Å². The average molecular weight is 277 g/mol. The highest BCUT2D eigenvalue weighted by molar-refractivity contribution is 7.09. The number of amides is 1. The summed E-state index contributed by atoms with van der Waals surface area (Å²) in [6.45, 7) is 0.576. The van der Waals surface area contributed by atoms with Gasteiger partial charge in [-0.1, -0.05) is 6.07 Å². The Labute approximate surface area is 115 Å². The quantitative estimate of drug-likeness (QED) is 0.882. The van der Waals surface area contributed by atoms with E-state index in [0.717, 1.165) is 6.42 Å². The molecule has 2 N–H and O–H groups in total. The second-order valence-electron chi connectivity index (χ2n) is 3.97. The van der Waals surface area contributed by atoms with E-state index in [2.05, 4.69) is 5.32 Å². The molecule has 0 spiro atoms. The monoisotopic (exact) mass is 277 g/mol. The number of benzene rings is 1. The maximum absolute atomic E-state index is 11.9. The topological polar surface area (TPSA) is 58.6 Å². The molecule has 1 aromatic heterocycles. The molecule has 19 heavy (non-hydrogen) atoms. The summed E-state index contributed by atoms with van der Waals surface area (Å²) in [4.78, 5) is 13.1. The number of thiophene rings is 1. The van der Waals surface area contributed by atoms with E-state index in [1.807, 2.05) is 17.5 Å². The molecule has 0 saturated carbocycles. The third-order valence-electron chi connectivity index (χ3n) is 2.68. The Bertz CT molecular complexity index is 552. The molecule has 1 aromatic carbocycles. The first-order valence-electron chi connectivity index (χ1n) is 5.88. The van der Waals surface area contributed by atoms with Crippen LogP contribution >= 0.6 is 11.3 Å². The summed E-state index contributed by atoms with van der Waals surface area (Å²) in [6.07, 6.45) is 0.811. The van der Waals surface area contributed by atoms with Gasteiger partial charge in [0.15, 0.2) is 11.5 Å². The van der Waals surface area contributed by atoms with E-state index in [1.54, 1.807) is 23.5 Å². The number of carbonyl (C=O) groups excluding carboxylic acids is 1. The van der Waals surface area contributed by atoms with Crippen LogP contribution in [0.3, 0.4) is 0 Å². The first kappa shape index (κ1) is 13.4. The van der Waals surface area contributed by atoms with Gasteiger partial charge < -0.3 is 15.2 Å². The second-order valence-corrected chi connectivity index (χ2v) is 5.00. The minimum absolute atomic E-state index is 0.0339. The van der Waals surface area contributed by atoms with Crippen molar-refractivity contribution < 1.29 is 14.6 Å². The van der Waals surface area contributed by atoms with Crippen molar-refractivity contribution in [2.75, 3.05) is 13.7 Å². The number of hydrogen-bond acceptors (Lipinski definition) is 4. The van der Waals surface area contributed by atoms with Crippen LogP contribution in [0.25, 0.3) is 0 Å². The van der Waals surface area contributed by atoms with E-state index in [9.17, 15) is 9.90 Å². The number of methoxy groups -OCH3 is 1. The van der Waals surface area contributed by atoms with Crippen molar-refractivity contribution in [1.82, 2.24) is 5.32 Å². The van der Waals surface area contributed by atoms with Crippen molar-refractivity contribution >= 4 is 17.2 Å². The van der Waals surface area contributed by atoms with Crippen LogP contribution in [0.15, 0.2) is 35.7 Å². The van der Waals surface area contributed by atoms with Crippen LogP contribution in [0.4, 0.5) is 0 Å². The van der Waals surface area contributed by atoms with Crippen molar-refractivity contribution in [3.63, 3.8) is 0 Å². The fourth-order valence-corrected chi connectivity index (χ4v) is 2.40. The van der Waals surface area contributed by atoms with E-state index < -0.39 is 0 Å². The minimum Gasteiger partial charge on any atom is -0.504 e. The van der Waals surface area contributed by atoms with Crippen molar-refractivity contribution in [2.45, 2.75) is 6.42 Å². The molecule has 0 saturated heterocycles. The second kappa shape index (κ2) is 6.24. The molecular weight excluding hydrogens is 262 g/mol. The average Bonchev–Trinajstić information content (AvgIpc) is 2.91. The van der Waals surface area contributed by atoms with E-state index >= 15 is 0 Å². The van der Waals surface area contributed by atoms with Gasteiger partial charge in [0.25, 0.3) is 5.91 Å².